The van der Waals surface area contributed by atoms with Crippen LogP contribution in [0.4, 0.5) is 5.69 Å². The van der Waals surface area contributed by atoms with E-state index in [4.69, 9.17) is 4.74 Å². The lowest BCUT2D eigenvalue weighted by Gasteiger charge is -2.21. The lowest BCUT2D eigenvalue weighted by molar-refractivity contribution is 0.217. The van der Waals surface area contributed by atoms with E-state index in [9.17, 15) is 0 Å². The number of ether oxygens (including phenoxy) is 1. The summed E-state index contributed by atoms with van der Waals surface area (Å²) in [5.74, 6) is 0.933. The Morgan fingerprint density at radius 2 is 1.95 bits per heavy atom. The summed E-state index contributed by atoms with van der Waals surface area (Å²) in [5.41, 5.74) is 1.28. The molecule has 1 rings (SSSR count). The first kappa shape index (κ1) is 15.8. The lowest BCUT2D eigenvalue weighted by atomic mass is 10.1. The number of rotatable bonds is 7. The molecule has 0 fully saturated rings. The third-order valence-electron chi connectivity index (χ3n) is 2.86. The molecule has 19 heavy (non-hydrogen) atoms. The van der Waals surface area contributed by atoms with E-state index < -0.39 is 0 Å². The lowest BCUT2D eigenvalue weighted by Crippen LogP contribution is -2.38. The van der Waals surface area contributed by atoms with E-state index in [-0.39, 0.29) is 11.6 Å². The minimum atomic E-state index is 0.170. The van der Waals surface area contributed by atoms with Crippen molar-refractivity contribution in [2.75, 3.05) is 18.4 Å². The summed E-state index contributed by atoms with van der Waals surface area (Å²) >= 11 is 0. The van der Waals surface area contributed by atoms with E-state index in [0.29, 0.717) is 0 Å². The highest BCUT2D eigenvalue weighted by Gasteiger charge is 2.07. The normalized spacial score (nSPS) is 13.1. The molecule has 1 unspecified atom stereocenters. The molecule has 1 aromatic rings. The summed E-state index contributed by atoms with van der Waals surface area (Å²) in [6.07, 6.45) is 1.28. The van der Waals surface area contributed by atoms with Crippen LogP contribution in [0.25, 0.3) is 0 Å². The van der Waals surface area contributed by atoms with Crippen LogP contribution in [0, 0.1) is 0 Å². The number of hydrogen-bond donors (Lipinski definition) is 2. The van der Waals surface area contributed by atoms with E-state index >= 15 is 0 Å². The van der Waals surface area contributed by atoms with Crippen LogP contribution in [0.1, 0.15) is 41.0 Å². The van der Waals surface area contributed by atoms with E-state index in [1.165, 1.54) is 0 Å². The third kappa shape index (κ3) is 7.06. The van der Waals surface area contributed by atoms with Crippen LogP contribution >= 0.6 is 0 Å². The largest absolute Gasteiger partial charge is 0.491 e. The first-order valence-corrected chi connectivity index (χ1v) is 7.16. The molecule has 3 nitrogen and oxygen atoms in total. The second kappa shape index (κ2) is 7.39. The fourth-order valence-corrected chi connectivity index (χ4v) is 1.64. The molecule has 0 amide bonds. The molecule has 0 saturated carbocycles. The van der Waals surface area contributed by atoms with Crippen molar-refractivity contribution in [2.24, 2.45) is 0 Å². The molecule has 0 saturated heterocycles. The van der Waals surface area contributed by atoms with Gasteiger partial charge in [-0.2, -0.15) is 0 Å². The molecule has 0 aromatic heterocycles. The fourth-order valence-electron chi connectivity index (χ4n) is 1.64. The Morgan fingerprint density at radius 1 is 1.21 bits per heavy atom. The van der Waals surface area contributed by atoms with Gasteiger partial charge in [-0.3, -0.25) is 0 Å². The third-order valence-corrected chi connectivity index (χ3v) is 2.86. The smallest absolute Gasteiger partial charge is 0.121 e. The molecule has 2 N–H and O–H groups in total. The van der Waals surface area contributed by atoms with Gasteiger partial charge in [0.25, 0.3) is 0 Å². The Bertz CT molecular complexity index is 371. The molecule has 3 heteroatoms. The number of anilines is 1. The quantitative estimate of drug-likeness (QED) is 0.737. The zero-order chi connectivity index (χ0) is 14.3. The second-order valence-electron chi connectivity index (χ2n) is 5.97. The molecule has 1 aromatic carbocycles. The molecule has 0 aliphatic heterocycles. The van der Waals surface area contributed by atoms with Gasteiger partial charge >= 0.3 is 0 Å². The predicted molar refractivity (Wildman–Crippen MR) is 83.1 cm³/mol. The van der Waals surface area contributed by atoms with Gasteiger partial charge < -0.3 is 15.4 Å². The minimum absolute atomic E-state index is 0.170. The summed E-state index contributed by atoms with van der Waals surface area (Å²) in [6.45, 7) is 12.6. The standard InChI is InChI=1S/C16H28N2O/c1-6-13(2)19-15-9-7-8-14(12-15)17-10-11-18-16(3,4)5/h7-9,12-13,17-18H,6,10-11H2,1-5H3. The summed E-state index contributed by atoms with van der Waals surface area (Å²) in [5, 5.41) is 6.86. The summed E-state index contributed by atoms with van der Waals surface area (Å²) in [4.78, 5) is 0. The van der Waals surface area contributed by atoms with Crippen LogP contribution in [-0.4, -0.2) is 24.7 Å². The maximum atomic E-state index is 5.81. The van der Waals surface area contributed by atoms with Crippen LogP contribution in [-0.2, 0) is 0 Å². The van der Waals surface area contributed by atoms with Gasteiger partial charge in [0.1, 0.15) is 5.75 Å². The van der Waals surface area contributed by atoms with Crippen molar-refractivity contribution in [1.29, 1.82) is 0 Å². The molecular weight excluding hydrogens is 236 g/mol. The number of nitrogens with one attached hydrogen (secondary N) is 2. The molecule has 0 aliphatic carbocycles. The zero-order valence-electron chi connectivity index (χ0n) is 12.9. The van der Waals surface area contributed by atoms with Gasteiger partial charge in [0, 0.05) is 30.4 Å². The maximum Gasteiger partial charge on any atom is 0.121 e. The maximum absolute atomic E-state index is 5.81. The topological polar surface area (TPSA) is 33.3 Å². The summed E-state index contributed by atoms with van der Waals surface area (Å²) < 4.78 is 5.81. The second-order valence-corrected chi connectivity index (χ2v) is 5.97. The van der Waals surface area contributed by atoms with E-state index in [1.807, 2.05) is 12.1 Å². The van der Waals surface area contributed by atoms with Crippen molar-refractivity contribution >= 4 is 5.69 Å². The van der Waals surface area contributed by atoms with Gasteiger partial charge in [-0.15, -0.1) is 0 Å². The number of hydrogen-bond acceptors (Lipinski definition) is 3. The van der Waals surface area contributed by atoms with Crippen molar-refractivity contribution < 1.29 is 4.74 Å². The highest BCUT2D eigenvalue weighted by molar-refractivity contribution is 5.48. The highest BCUT2D eigenvalue weighted by atomic mass is 16.5. The Balaban J connectivity index is 2.40. The Hall–Kier alpha value is -1.22. The van der Waals surface area contributed by atoms with Crippen molar-refractivity contribution in [3.63, 3.8) is 0 Å². The molecule has 0 bridgehead atoms. The SMILES string of the molecule is CCC(C)Oc1cccc(NCCNC(C)(C)C)c1. The Kier molecular flexibility index (Phi) is 6.16. The fraction of sp³-hybridized carbons (Fsp3) is 0.625. The van der Waals surface area contributed by atoms with Gasteiger partial charge in [0.05, 0.1) is 6.10 Å². The van der Waals surface area contributed by atoms with Crippen molar-refractivity contribution in [3.8, 4) is 5.75 Å². The molecular formula is C16H28N2O. The summed E-state index contributed by atoms with van der Waals surface area (Å²) in [6, 6.07) is 8.16. The van der Waals surface area contributed by atoms with E-state index in [2.05, 4.69) is 57.4 Å². The Morgan fingerprint density at radius 3 is 2.58 bits per heavy atom. The average molecular weight is 264 g/mol. The van der Waals surface area contributed by atoms with Gasteiger partial charge in [0.2, 0.25) is 0 Å². The molecule has 0 radical (unpaired) electrons. The molecule has 1 atom stereocenters. The van der Waals surface area contributed by atoms with Crippen LogP contribution in [0.2, 0.25) is 0 Å². The zero-order valence-corrected chi connectivity index (χ0v) is 12.9. The van der Waals surface area contributed by atoms with Gasteiger partial charge in [0.15, 0.2) is 0 Å². The van der Waals surface area contributed by atoms with Crippen LogP contribution in [0.3, 0.4) is 0 Å². The van der Waals surface area contributed by atoms with E-state index in [0.717, 1.165) is 30.9 Å². The monoisotopic (exact) mass is 264 g/mol. The minimum Gasteiger partial charge on any atom is -0.491 e. The Labute approximate surface area is 117 Å². The van der Waals surface area contributed by atoms with E-state index in [1.54, 1.807) is 0 Å². The summed E-state index contributed by atoms with van der Waals surface area (Å²) in [7, 11) is 0. The van der Waals surface area contributed by atoms with Crippen LogP contribution in [0.15, 0.2) is 24.3 Å². The van der Waals surface area contributed by atoms with Gasteiger partial charge in [-0.05, 0) is 46.2 Å². The van der Waals surface area contributed by atoms with Crippen molar-refractivity contribution in [2.45, 2.75) is 52.7 Å². The highest BCUT2D eigenvalue weighted by Crippen LogP contribution is 2.18. The molecule has 108 valence electrons. The molecule has 0 spiro atoms. The van der Waals surface area contributed by atoms with Gasteiger partial charge in [-0.1, -0.05) is 13.0 Å². The number of benzene rings is 1. The van der Waals surface area contributed by atoms with Gasteiger partial charge in [-0.25, -0.2) is 0 Å². The van der Waals surface area contributed by atoms with Crippen molar-refractivity contribution in [1.82, 2.24) is 5.32 Å². The first-order valence-electron chi connectivity index (χ1n) is 7.16. The molecule has 0 aliphatic rings. The average Bonchev–Trinajstić information content (AvgIpc) is 2.34. The first-order chi connectivity index (χ1) is 8.90. The van der Waals surface area contributed by atoms with Crippen LogP contribution < -0.4 is 15.4 Å². The van der Waals surface area contributed by atoms with Crippen molar-refractivity contribution in [3.05, 3.63) is 24.3 Å². The molecule has 0 heterocycles. The van der Waals surface area contributed by atoms with Crippen LogP contribution in [0.5, 0.6) is 5.75 Å². The predicted octanol–water partition coefficient (Wildman–Crippen LogP) is 3.66.